The van der Waals surface area contributed by atoms with Crippen molar-refractivity contribution in [2.24, 2.45) is 0 Å². The minimum absolute atomic E-state index is 0.313. The Kier molecular flexibility index (Phi) is 6.30. The molecule has 90 valence electrons. The molecular weight excluding hydrogens is 204 g/mol. The molecule has 0 fully saturated rings. The molecule has 0 unspecified atom stereocenters. The second-order valence-electron chi connectivity index (χ2n) is 4.03. The second-order valence-corrected chi connectivity index (χ2v) is 4.03. The molecule has 1 rings (SSSR count). The third-order valence-electron chi connectivity index (χ3n) is 2.59. The summed E-state index contributed by atoms with van der Waals surface area (Å²) < 4.78 is 1.95. The average Bonchev–Trinajstić information content (AvgIpc) is 2.74. The van der Waals surface area contributed by atoms with Crippen LogP contribution in [0.3, 0.4) is 0 Å². The van der Waals surface area contributed by atoms with Gasteiger partial charge in [0, 0.05) is 25.4 Å². The van der Waals surface area contributed by atoms with Crippen molar-refractivity contribution < 1.29 is 9.90 Å². The number of hydrogen-bond donors (Lipinski definition) is 1. The highest BCUT2D eigenvalue weighted by atomic mass is 16.4. The highest BCUT2D eigenvalue weighted by molar-refractivity contribution is 5.66. The van der Waals surface area contributed by atoms with E-state index in [0.29, 0.717) is 6.42 Å². The molecule has 1 heterocycles. The first-order valence-electron chi connectivity index (χ1n) is 5.98. The van der Waals surface area contributed by atoms with E-state index in [0.717, 1.165) is 32.2 Å². The molecule has 0 aliphatic carbocycles. The molecule has 4 heteroatoms. The maximum atomic E-state index is 10.3. The van der Waals surface area contributed by atoms with Crippen LogP contribution in [0.1, 0.15) is 44.9 Å². The molecule has 1 N–H and O–H groups in total. The molecule has 0 saturated heterocycles. The normalized spacial score (nSPS) is 10.5. The van der Waals surface area contributed by atoms with E-state index >= 15 is 0 Å². The second kappa shape index (κ2) is 7.91. The average molecular weight is 224 g/mol. The number of rotatable bonds is 9. The molecule has 16 heavy (non-hydrogen) atoms. The van der Waals surface area contributed by atoms with Gasteiger partial charge in [-0.1, -0.05) is 25.7 Å². The van der Waals surface area contributed by atoms with Crippen molar-refractivity contribution in [1.82, 2.24) is 9.78 Å². The zero-order chi connectivity index (χ0) is 11.6. The molecule has 1 aromatic rings. The monoisotopic (exact) mass is 224 g/mol. The molecule has 0 aliphatic rings. The summed E-state index contributed by atoms with van der Waals surface area (Å²) in [6.07, 6.45) is 10.6. The summed E-state index contributed by atoms with van der Waals surface area (Å²) in [5.41, 5.74) is 0. The fourth-order valence-corrected chi connectivity index (χ4v) is 1.69. The van der Waals surface area contributed by atoms with Crippen molar-refractivity contribution in [2.75, 3.05) is 0 Å². The lowest BCUT2D eigenvalue weighted by Crippen LogP contribution is -1.97. The van der Waals surface area contributed by atoms with Gasteiger partial charge in [0.15, 0.2) is 0 Å². The lowest BCUT2D eigenvalue weighted by molar-refractivity contribution is -0.137. The first-order chi connectivity index (χ1) is 7.79. The van der Waals surface area contributed by atoms with Crippen molar-refractivity contribution in [2.45, 2.75) is 51.5 Å². The molecule has 4 nitrogen and oxygen atoms in total. The molecule has 0 aromatic carbocycles. The van der Waals surface area contributed by atoms with Gasteiger partial charge in [0.25, 0.3) is 0 Å². The number of carbonyl (C=O) groups is 1. The van der Waals surface area contributed by atoms with Crippen LogP contribution in [0.25, 0.3) is 0 Å². The first-order valence-corrected chi connectivity index (χ1v) is 5.98. The summed E-state index contributed by atoms with van der Waals surface area (Å²) in [6.45, 7) is 0.988. The van der Waals surface area contributed by atoms with Crippen LogP contribution in [0.5, 0.6) is 0 Å². The number of carboxylic acids is 1. The Hall–Kier alpha value is -1.32. The maximum Gasteiger partial charge on any atom is 0.303 e. The van der Waals surface area contributed by atoms with E-state index in [4.69, 9.17) is 5.11 Å². The van der Waals surface area contributed by atoms with E-state index in [-0.39, 0.29) is 0 Å². The highest BCUT2D eigenvalue weighted by Gasteiger charge is 1.96. The van der Waals surface area contributed by atoms with E-state index in [1.54, 1.807) is 6.20 Å². The Morgan fingerprint density at radius 1 is 1.12 bits per heavy atom. The van der Waals surface area contributed by atoms with Gasteiger partial charge in [0.2, 0.25) is 0 Å². The van der Waals surface area contributed by atoms with Crippen LogP contribution in [0, 0.1) is 0 Å². The van der Waals surface area contributed by atoms with Crippen LogP contribution in [-0.2, 0) is 11.3 Å². The van der Waals surface area contributed by atoms with E-state index in [2.05, 4.69) is 5.10 Å². The SMILES string of the molecule is O=C(O)CCCCCCCCn1cccn1. The number of unbranched alkanes of at least 4 members (excludes halogenated alkanes) is 5. The van der Waals surface area contributed by atoms with Gasteiger partial charge in [-0.3, -0.25) is 9.48 Å². The van der Waals surface area contributed by atoms with Crippen LogP contribution >= 0.6 is 0 Å². The van der Waals surface area contributed by atoms with Crippen molar-refractivity contribution in [3.63, 3.8) is 0 Å². The van der Waals surface area contributed by atoms with E-state index in [1.807, 2.05) is 16.9 Å². The quantitative estimate of drug-likeness (QED) is 0.656. The molecular formula is C12H20N2O2. The molecule has 0 saturated carbocycles. The third-order valence-corrected chi connectivity index (χ3v) is 2.59. The van der Waals surface area contributed by atoms with Crippen LogP contribution in [0.15, 0.2) is 18.5 Å². The van der Waals surface area contributed by atoms with Crippen LogP contribution in [-0.4, -0.2) is 20.9 Å². The minimum Gasteiger partial charge on any atom is -0.481 e. The maximum absolute atomic E-state index is 10.3. The van der Waals surface area contributed by atoms with Gasteiger partial charge in [-0.25, -0.2) is 0 Å². The lowest BCUT2D eigenvalue weighted by Gasteiger charge is -2.01. The molecule has 0 aliphatic heterocycles. The zero-order valence-electron chi connectivity index (χ0n) is 9.64. The van der Waals surface area contributed by atoms with E-state index in [1.165, 1.54) is 12.8 Å². The highest BCUT2D eigenvalue weighted by Crippen LogP contribution is 2.07. The number of hydrogen-bond acceptors (Lipinski definition) is 2. The zero-order valence-corrected chi connectivity index (χ0v) is 9.64. The first kappa shape index (κ1) is 12.7. The predicted octanol–water partition coefficient (Wildman–Crippen LogP) is 2.70. The van der Waals surface area contributed by atoms with Crippen molar-refractivity contribution in [1.29, 1.82) is 0 Å². The Morgan fingerprint density at radius 3 is 2.44 bits per heavy atom. The Morgan fingerprint density at radius 2 is 1.81 bits per heavy atom. The number of aromatic nitrogens is 2. The van der Waals surface area contributed by atoms with Crippen LogP contribution < -0.4 is 0 Å². The fourth-order valence-electron chi connectivity index (χ4n) is 1.69. The Bertz CT molecular complexity index is 283. The molecule has 0 radical (unpaired) electrons. The van der Waals surface area contributed by atoms with E-state index < -0.39 is 5.97 Å². The van der Waals surface area contributed by atoms with Crippen molar-refractivity contribution in [3.8, 4) is 0 Å². The Balaban J connectivity index is 1.83. The summed E-state index contributed by atoms with van der Waals surface area (Å²) in [5, 5.41) is 12.6. The minimum atomic E-state index is -0.682. The van der Waals surface area contributed by atoms with Gasteiger partial charge in [-0.05, 0) is 18.9 Å². The molecule has 1 aromatic heterocycles. The van der Waals surface area contributed by atoms with Gasteiger partial charge in [0.1, 0.15) is 0 Å². The van der Waals surface area contributed by atoms with Gasteiger partial charge >= 0.3 is 5.97 Å². The number of aryl methyl sites for hydroxylation is 1. The summed E-state index contributed by atoms with van der Waals surface area (Å²) in [5.74, 6) is -0.682. The number of nitrogens with zero attached hydrogens (tertiary/aromatic N) is 2. The number of carboxylic acid groups (broad SMARTS) is 1. The predicted molar refractivity (Wildman–Crippen MR) is 62.2 cm³/mol. The molecule has 0 bridgehead atoms. The summed E-state index contributed by atoms with van der Waals surface area (Å²) in [7, 11) is 0. The molecule has 0 spiro atoms. The lowest BCUT2D eigenvalue weighted by atomic mass is 10.1. The fraction of sp³-hybridized carbons (Fsp3) is 0.667. The van der Waals surface area contributed by atoms with Crippen molar-refractivity contribution in [3.05, 3.63) is 18.5 Å². The van der Waals surface area contributed by atoms with Crippen LogP contribution in [0.2, 0.25) is 0 Å². The van der Waals surface area contributed by atoms with Gasteiger partial charge in [-0.15, -0.1) is 0 Å². The Labute approximate surface area is 96.3 Å². The summed E-state index contributed by atoms with van der Waals surface area (Å²) in [6, 6.07) is 1.94. The van der Waals surface area contributed by atoms with Crippen LogP contribution in [0.4, 0.5) is 0 Å². The summed E-state index contributed by atoms with van der Waals surface area (Å²) in [4.78, 5) is 10.3. The molecule has 0 atom stereocenters. The van der Waals surface area contributed by atoms with Gasteiger partial charge in [0.05, 0.1) is 0 Å². The van der Waals surface area contributed by atoms with Gasteiger partial charge in [-0.2, -0.15) is 5.10 Å². The largest absolute Gasteiger partial charge is 0.481 e. The topological polar surface area (TPSA) is 55.1 Å². The third kappa shape index (κ3) is 6.22. The smallest absolute Gasteiger partial charge is 0.303 e. The summed E-state index contributed by atoms with van der Waals surface area (Å²) >= 11 is 0. The van der Waals surface area contributed by atoms with Crippen molar-refractivity contribution >= 4 is 5.97 Å². The number of aliphatic carboxylic acids is 1. The molecule has 0 amide bonds. The standard InChI is InChI=1S/C12H20N2O2/c15-12(16)8-5-3-1-2-4-6-10-14-11-7-9-13-14/h7,9,11H,1-6,8,10H2,(H,15,16). The van der Waals surface area contributed by atoms with Gasteiger partial charge < -0.3 is 5.11 Å². The van der Waals surface area contributed by atoms with E-state index in [9.17, 15) is 4.79 Å².